The SMILES string of the molecule is CC1(C)c2ccccc2-c2ccc(N(c3ccccc3-c3ccccc3)c3c4ccccc4cc4c3sc3ccccc34)cc21. The molecule has 0 saturated carbocycles. The van der Waals surface area contributed by atoms with Crippen molar-refractivity contribution in [3.8, 4) is 22.3 Å². The van der Waals surface area contributed by atoms with Gasteiger partial charge in [-0.2, -0.15) is 0 Å². The van der Waals surface area contributed by atoms with Crippen LogP contribution >= 0.6 is 11.3 Å². The molecule has 0 unspecified atom stereocenters. The Balaban J connectivity index is 1.41. The molecule has 0 radical (unpaired) electrons. The van der Waals surface area contributed by atoms with E-state index in [0.29, 0.717) is 0 Å². The summed E-state index contributed by atoms with van der Waals surface area (Å²) >= 11 is 1.90. The lowest BCUT2D eigenvalue weighted by Crippen LogP contribution is -2.17. The van der Waals surface area contributed by atoms with Crippen molar-refractivity contribution in [2.24, 2.45) is 0 Å². The third kappa shape index (κ3) is 3.92. The number of para-hydroxylation sites is 1. The summed E-state index contributed by atoms with van der Waals surface area (Å²) in [7, 11) is 0. The third-order valence-electron chi connectivity index (χ3n) is 9.64. The highest BCUT2D eigenvalue weighted by Crippen LogP contribution is 2.54. The molecule has 8 aromatic rings. The Morgan fingerprint density at radius 3 is 2.04 bits per heavy atom. The van der Waals surface area contributed by atoms with Gasteiger partial charge in [-0.3, -0.25) is 0 Å². The molecular weight excluding hydrogens is 563 g/mol. The molecule has 0 fully saturated rings. The molecule has 1 heterocycles. The van der Waals surface area contributed by atoms with Crippen molar-refractivity contribution in [2.75, 3.05) is 4.90 Å². The highest BCUT2D eigenvalue weighted by molar-refractivity contribution is 7.26. The van der Waals surface area contributed by atoms with Crippen LogP contribution in [0.4, 0.5) is 17.1 Å². The minimum atomic E-state index is -0.0990. The van der Waals surface area contributed by atoms with Crippen LogP contribution in [-0.2, 0) is 5.41 Å². The van der Waals surface area contributed by atoms with Crippen molar-refractivity contribution < 1.29 is 0 Å². The van der Waals surface area contributed by atoms with E-state index in [1.165, 1.54) is 81.4 Å². The Hall–Kier alpha value is -5.18. The van der Waals surface area contributed by atoms with Crippen molar-refractivity contribution in [1.82, 2.24) is 0 Å². The van der Waals surface area contributed by atoms with Crippen LogP contribution in [0, 0.1) is 0 Å². The molecule has 0 saturated heterocycles. The number of thiophene rings is 1. The molecule has 214 valence electrons. The van der Waals surface area contributed by atoms with Crippen LogP contribution < -0.4 is 4.90 Å². The summed E-state index contributed by atoms with van der Waals surface area (Å²) in [5.74, 6) is 0. The van der Waals surface area contributed by atoms with Gasteiger partial charge in [-0.15, -0.1) is 11.3 Å². The first kappa shape index (κ1) is 26.2. The fourth-order valence-corrected chi connectivity index (χ4v) is 8.70. The Kier molecular flexibility index (Phi) is 5.78. The topological polar surface area (TPSA) is 3.24 Å². The van der Waals surface area contributed by atoms with Crippen molar-refractivity contribution in [2.45, 2.75) is 19.3 Å². The third-order valence-corrected chi connectivity index (χ3v) is 10.8. The number of hydrogen-bond donors (Lipinski definition) is 0. The molecule has 1 aliphatic carbocycles. The van der Waals surface area contributed by atoms with E-state index in [1.54, 1.807) is 0 Å². The molecule has 1 nitrogen and oxygen atoms in total. The molecule has 1 aromatic heterocycles. The average Bonchev–Trinajstić information content (AvgIpc) is 3.57. The van der Waals surface area contributed by atoms with E-state index >= 15 is 0 Å². The fraction of sp³-hybridized carbons (Fsp3) is 0.0698. The van der Waals surface area contributed by atoms with Gasteiger partial charge in [-0.25, -0.2) is 0 Å². The van der Waals surface area contributed by atoms with Gasteiger partial charge in [0.15, 0.2) is 0 Å². The molecule has 0 spiro atoms. The highest BCUT2D eigenvalue weighted by Gasteiger charge is 2.36. The van der Waals surface area contributed by atoms with Gasteiger partial charge >= 0.3 is 0 Å². The quantitative estimate of drug-likeness (QED) is 0.196. The molecule has 2 heteroatoms. The van der Waals surface area contributed by atoms with Crippen LogP contribution in [0.15, 0.2) is 152 Å². The number of anilines is 3. The zero-order valence-electron chi connectivity index (χ0n) is 25.3. The van der Waals surface area contributed by atoms with E-state index in [-0.39, 0.29) is 5.41 Å². The van der Waals surface area contributed by atoms with Crippen molar-refractivity contribution >= 4 is 59.3 Å². The molecule has 1 aliphatic rings. The Morgan fingerprint density at radius 1 is 0.511 bits per heavy atom. The molecule has 7 aromatic carbocycles. The van der Waals surface area contributed by atoms with Crippen molar-refractivity contribution in [1.29, 1.82) is 0 Å². The Morgan fingerprint density at radius 2 is 1.18 bits per heavy atom. The summed E-state index contributed by atoms with van der Waals surface area (Å²) in [6.07, 6.45) is 0. The molecule has 0 bridgehead atoms. The van der Waals surface area contributed by atoms with E-state index in [0.717, 1.165) is 0 Å². The highest BCUT2D eigenvalue weighted by atomic mass is 32.1. The second kappa shape index (κ2) is 9.92. The van der Waals surface area contributed by atoms with Gasteiger partial charge in [0.1, 0.15) is 0 Å². The number of benzene rings is 7. The van der Waals surface area contributed by atoms with E-state index in [1.807, 2.05) is 11.3 Å². The molecule has 9 rings (SSSR count). The van der Waals surface area contributed by atoms with Crippen LogP contribution in [0.25, 0.3) is 53.2 Å². The van der Waals surface area contributed by atoms with E-state index < -0.39 is 0 Å². The zero-order chi connectivity index (χ0) is 30.1. The van der Waals surface area contributed by atoms with Gasteiger partial charge in [-0.1, -0.05) is 135 Å². The zero-order valence-corrected chi connectivity index (χ0v) is 26.1. The van der Waals surface area contributed by atoms with Gasteiger partial charge in [0.2, 0.25) is 0 Å². The van der Waals surface area contributed by atoms with Crippen LogP contribution in [-0.4, -0.2) is 0 Å². The van der Waals surface area contributed by atoms with Crippen LogP contribution in [0.3, 0.4) is 0 Å². The summed E-state index contributed by atoms with van der Waals surface area (Å²) in [6, 6.07) is 55.8. The molecule has 0 aliphatic heterocycles. The second-order valence-electron chi connectivity index (χ2n) is 12.5. The number of rotatable bonds is 4. The van der Waals surface area contributed by atoms with Crippen molar-refractivity contribution in [3.63, 3.8) is 0 Å². The maximum Gasteiger partial charge on any atom is 0.0718 e. The molecule has 0 N–H and O–H groups in total. The minimum Gasteiger partial charge on any atom is -0.308 e. The van der Waals surface area contributed by atoms with E-state index in [9.17, 15) is 0 Å². The first-order valence-corrected chi connectivity index (χ1v) is 16.4. The van der Waals surface area contributed by atoms with Gasteiger partial charge in [0.05, 0.1) is 16.1 Å². The summed E-state index contributed by atoms with van der Waals surface area (Å²) in [4.78, 5) is 2.54. The fourth-order valence-electron chi connectivity index (χ4n) is 7.47. The first-order valence-electron chi connectivity index (χ1n) is 15.6. The summed E-state index contributed by atoms with van der Waals surface area (Å²) in [5.41, 5.74) is 11.3. The standard InChI is InChI=1S/C43H31NS/c1-43(2)37-21-11-8-19-33(37)34-25-24-30(27-38(34)43)44(39-22-12-9-17-31(39)28-14-4-3-5-15-28)41-32-18-7-6-16-29(32)26-36-35-20-10-13-23-40(35)45-42(36)41/h3-27H,1-2H3. The molecule has 0 amide bonds. The number of nitrogens with zero attached hydrogens (tertiary/aromatic N) is 1. The Labute approximate surface area is 267 Å². The lowest BCUT2D eigenvalue weighted by molar-refractivity contribution is 0.660. The second-order valence-corrected chi connectivity index (χ2v) is 13.6. The maximum absolute atomic E-state index is 2.54. The molecular formula is C43H31NS. The van der Waals surface area contributed by atoms with Gasteiger partial charge < -0.3 is 4.90 Å². The van der Waals surface area contributed by atoms with Gasteiger partial charge in [0, 0.05) is 37.5 Å². The number of hydrogen-bond acceptors (Lipinski definition) is 2. The smallest absolute Gasteiger partial charge is 0.0718 e. The summed E-state index contributed by atoms with van der Waals surface area (Å²) in [6.45, 7) is 4.73. The maximum atomic E-state index is 2.54. The van der Waals surface area contributed by atoms with E-state index in [4.69, 9.17) is 0 Å². The summed E-state index contributed by atoms with van der Waals surface area (Å²) < 4.78 is 2.62. The first-order chi connectivity index (χ1) is 22.1. The lowest BCUT2D eigenvalue weighted by Gasteiger charge is -2.31. The minimum absolute atomic E-state index is 0.0990. The summed E-state index contributed by atoms with van der Waals surface area (Å²) in [5, 5.41) is 5.12. The monoisotopic (exact) mass is 593 g/mol. The van der Waals surface area contributed by atoms with Crippen LogP contribution in [0.1, 0.15) is 25.0 Å². The van der Waals surface area contributed by atoms with Crippen molar-refractivity contribution in [3.05, 3.63) is 163 Å². The van der Waals surface area contributed by atoms with Gasteiger partial charge in [-0.05, 0) is 63.5 Å². The van der Waals surface area contributed by atoms with Crippen LogP contribution in [0.5, 0.6) is 0 Å². The molecule has 45 heavy (non-hydrogen) atoms. The predicted octanol–water partition coefficient (Wildman–Crippen LogP) is 12.7. The predicted molar refractivity (Wildman–Crippen MR) is 195 cm³/mol. The van der Waals surface area contributed by atoms with E-state index in [2.05, 4.69) is 170 Å². The number of fused-ring (bicyclic) bond motifs is 7. The normalized spacial score (nSPS) is 13.3. The molecule has 0 atom stereocenters. The lowest BCUT2D eigenvalue weighted by atomic mass is 9.82. The largest absolute Gasteiger partial charge is 0.308 e. The average molecular weight is 594 g/mol. The van der Waals surface area contributed by atoms with Crippen LogP contribution in [0.2, 0.25) is 0 Å². The Bertz CT molecular complexity index is 2410. The van der Waals surface area contributed by atoms with Gasteiger partial charge in [0.25, 0.3) is 0 Å².